The van der Waals surface area contributed by atoms with Crippen LogP contribution in [0.3, 0.4) is 0 Å². The van der Waals surface area contributed by atoms with Gasteiger partial charge in [-0.3, -0.25) is 0 Å². The molecule has 0 radical (unpaired) electrons. The lowest BCUT2D eigenvalue weighted by Gasteiger charge is -2.41. The van der Waals surface area contributed by atoms with Gasteiger partial charge in [-0.2, -0.15) is 0 Å². The van der Waals surface area contributed by atoms with E-state index in [4.69, 9.17) is 9.73 Å². The Hall–Kier alpha value is -3.75. The average Bonchev–Trinajstić information content (AvgIpc) is 3.24. The smallest absolute Gasteiger partial charge is 0.410 e. The molecule has 1 aliphatic carbocycles. The van der Waals surface area contributed by atoms with E-state index < -0.39 is 5.60 Å². The number of allylic oxidation sites excluding steroid dienone is 3. The molecular formula is C27H32FN5O3. The number of hydrogen-bond acceptors (Lipinski definition) is 7. The predicted octanol–water partition coefficient (Wildman–Crippen LogP) is 4.18. The van der Waals surface area contributed by atoms with E-state index in [0.29, 0.717) is 32.6 Å². The van der Waals surface area contributed by atoms with Gasteiger partial charge >= 0.3 is 6.09 Å². The van der Waals surface area contributed by atoms with Gasteiger partial charge in [-0.1, -0.05) is 6.08 Å². The molecule has 36 heavy (non-hydrogen) atoms. The van der Waals surface area contributed by atoms with Crippen molar-refractivity contribution >= 4 is 17.6 Å². The lowest BCUT2D eigenvalue weighted by atomic mass is 9.93. The summed E-state index contributed by atoms with van der Waals surface area (Å²) in [5.41, 5.74) is 2.31. The lowest BCUT2D eigenvalue weighted by Crippen LogP contribution is -2.57. The van der Waals surface area contributed by atoms with Crippen LogP contribution in [0.15, 0.2) is 71.3 Å². The number of benzene rings is 1. The number of aliphatic hydroxyl groups excluding tert-OH is 1. The Morgan fingerprint density at radius 2 is 1.89 bits per heavy atom. The number of carbonyl (C=O) groups is 1. The molecule has 4 aliphatic rings. The third kappa shape index (κ3) is 4.82. The van der Waals surface area contributed by atoms with Gasteiger partial charge in [0.15, 0.2) is 6.17 Å². The van der Waals surface area contributed by atoms with Crippen LogP contribution in [0.2, 0.25) is 0 Å². The first-order chi connectivity index (χ1) is 17.2. The van der Waals surface area contributed by atoms with Crippen LogP contribution in [0.4, 0.5) is 9.18 Å². The molecule has 1 amide bonds. The number of aliphatic imine (C=N–C) groups is 1. The lowest BCUT2D eigenvalue weighted by molar-refractivity contribution is 0.0184. The Morgan fingerprint density at radius 3 is 2.53 bits per heavy atom. The van der Waals surface area contributed by atoms with Crippen molar-refractivity contribution < 1.29 is 19.0 Å². The topological polar surface area (TPSA) is 80.6 Å². The molecule has 3 heterocycles. The molecule has 3 aliphatic heterocycles. The van der Waals surface area contributed by atoms with Gasteiger partial charge in [0.25, 0.3) is 0 Å². The first-order valence-electron chi connectivity index (χ1n) is 12.3. The van der Waals surface area contributed by atoms with E-state index in [1.807, 2.05) is 39.1 Å². The number of piperazine rings is 1. The largest absolute Gasteiger partial charge is 0.508 e. The first-order valence-corrected chi connectivity index (χ1v) is 12.3. The molecule has 0 spiro atoms. The van der Waals surface area contributed by atoms with Crippen molar-refractivity contribution in [2.24, 2.45) is 10.9 Å². The maximum absolute atomic E-state index is 13.7. The molecule has 0 saturated carbocycles. The SMILES string of the molecule is CC(C)(C)OC(=O)N1CCN(C2=NC=CN3C(C4C=CC(O)=CC4)=C(c4ccc(F)cc4)NC23)CC1. The Bertz CT molecular complexity index is 1170. The zero-order valence-corrected chi connectivity index (χ0v) is 20.8. The molecule has 2 N–H and O–H groups in total. The van der Waals surface area contributed by atoms with Crippen molar-refractivity contribution in [1.82, 2.24) is 20.0 Å². The number of ether oxygens (including phenoxy) is 1. The molecule has 5 rings (SSSR count). The van der Waals surface area contributed by atoms with Crippen LogP contribution >= 0.6 is 0 Å². The minimum absolute atomic E-state index is 0.0338. The Labute approximate surface area is 210 Å². The van der Waals surface area contributed by atoms with Gasteiger partial charge in [-0.25, -0.2) is 14.2 Å². The van der Waals surface area contributed by atoms with Crippen LogP contribution in [0.5, 0.6) is 0 Å². The number of amides is 1. The van der Waals surface area contributed by atoms with E-state index in [-0.39, 0.29) is 29.8 Å². The van der Waals surface area contributed by atoms with Gasteiger partial charge in [0.2, 0.25) is 0 Å². The third-order valence-electron chi connectivity index (χ3n) is 6.59. The summed E-state index contributed by atoms with van der Waals surface area (Å²) in [6.07, 6.45) is 9.40. The van der Waals surface area contributed by atoms with E-state index in [1.54, 1.807) is 29.3 Å². The number of halogens is 1. The molecule has 190 valence electrons. The van der Waals surface area contributed by atoms with Gasteiger partial charge in [0.1, 0.15) is 23.0 Å². The summed E-state index contributed by atoms with van der Waals surface area (Å²) in [5.74, 6) is 0.879. The van der Waals surface area contributed by atoms with Crippen molar-refractivity contribution in [3.8, 4) is 0 Å². The highest BCUT2D eigenvalue weighted by atomic mass is 19.1. The second kappa shape index (κ2) is 9.37. The van der Waals surface area contributed by atoms with Crippen molar-refractivity contribution in [3.05, 3.63) is 77.7 Å². The third-order valence-corrected chi connectivity index (χ3v) is 6.59. The minimum atomic E-state index is -0.529. The summed E-state index contributed by atoms with van der Waals surface area (Å²) in [7, 11) is 0. The van der Waals surface area contributed by atoms with Crippen LogP contribution in [0.25, 0.3) is 5.70 Å². The standard InChI is InChI=1S/C27H32FN5O3/c1-27(2,3)36-26(35)32-16-14-31(15-17-32)24-25-30-22(18-4-8-20(28)9-5-18)23(33(25)13-12-29-24)19-6-10-21(34)11-7-19/h4-6,8-13,19,25,30,34H,7,14-17H2,1-3H3. The average molecular weight is 494 g/mol. The quantitative estimate of drug-likeness (QED) is 0.644. The van der Waals surface area contributed by atoms with E-state index >= 15 is 0 Å². The van der Waals surface area contributed by atoms with Crippen molar-refractivity contribution in [2.45, 2.75) is 39.0 Å². The first kappa shape index (κ1) is 24.0. The maximum Gasteiger partial charge on any atom is 0.410 e. The van der Waals surface area contributed by atoms with Gasteiger partial charge in [-0.05, 0) is 69.2 Å². The molecule has 1 aromatic carbocycles. The predicted molar refractivity (Wildman–Crippen MR) is 136 cm³/mol. The molecule has 0 bridgehead atoms. The number of hydrogen-bond donors (Lipinski definition) is 2. The fraction of sp³-hybridized carbons (Fsp3) is 0.407. The molecule has 9 heteroatoms. The highest BCUT2D eigenvalue weighted by Crippen LogP contribution is 2.38. The van der Waals surface area contributed by atoms with Crippen LogP contribution < -0.4 is 5.32 Å². The number of fused-ring (bicyclic) bond motifs is 1. The van der Waals surface area contributed by atoms with E-state index in [9.17, 15) is 14.3 Å². The fourth-order valence-electron chi connectivity index (χ4n) is 4.89. The van der Waals surface area contributed by atoms with Gasteiger partial charge in [0, 0.05) is 44.5 Å². The van der Waals surface area contributed by atoms with E-state index in [0.717, 1.165) is 22.8 Å². The number of nitrogens with one attached hydrogen (secondary N) is 1. The van der Waals surface area contributed by atoms with Gasteiger partial charge in [-0.15, -0.1) is 0 Å². The van der Waals surface area contributed by atoms with Crippen LogP contribution in [0, 0.1) is 11.7 Å². The Kier molecular flexibility index (Phi) is 6.24. The van der Waals surface area contributed by atoms with Crippen molar-refractivity contribution in [3.63, 3.8) is 0 Å². The normalized spacial score (nSPS) is 23.8. The second-order valence-electron chi connectivity index (χ2n) is 10.3. The van der Waals surface area contributed by atoms with Crippen molar-refractivity contribution in [2.75, 3.05) is 26.2 Å². The second-order valence-corrected chi connectivity index (χ2v) is 10.3. The molecule has 2 unspecified atom stereocenters. The number of nitrogens with zero attached hydrogens (tertiary/aromatic N) is 4. The molecule has 0 aromatic heterocycles. The maximum atomic E-state index is 13.7. The van der Waals surface area contributed by atoms with Crippen LogP contribution in [-0.4, -0.2) is 69.7 Å². The summed E-state index contributed by atoms with van der Waals surface area (Å²) in [5, 5.41) is 13.5. The summed E-state index contributed by atoms with van der Waals surface area (Å²) < 4.78 is 19.2. The monoisotopic (exact) mass is 493 g/mol. The highest BCUT2D eigenvalue weighted by molar-refractivity contribution is 5.92. The number of amidine groups is 1. The Balaban J connectivity index is 1.37. The van der Waals surface area contributed by atoms with Gasteiger partial charge < -0.3 is 29.9 Å². The molecule has 8 nitrogen and oxygen atoms in total. The summed E-state index contributed by atoms with van der Waals surface area (Å²) in [6, 6.07) is 6.47. The molecule has 1 aromatic rings. The van der Waals surface area contributed by atoms with Crippen LogP contribution in [-0.2, 0) is 4.74 Å². The Morgan fingerprint density at radius 1 is 1.17 bits per heavy atom. The molecule has 1 fully saturated rings. The van der Waals surface area contributed by atoms with Crippen LogP contribution in [0.1, 0.15) is 32.8 Å². The summed E-state index contributed by atoms with van der Waals surface area (Å²) in [4.78, 5) is 23.3. The number of aliphatic hydroxyl groups is 1. The number of rotatable bonds is 2. The zero-order valence-electron chi connectivity index (χ0n) is 20.8. The molecular weight excluding hydrogens is 461 g/mol. The molecule has 2 atom stereocenters. The summed E-state index contributed by atoms with van der Waals surface area (Å²) in [6.45, 7) is 7.97. The fourth-order valence-corrected chi connectivity index (χ4v) is 4.89. The zero-order chi connectivity index (χ0) is 25.4. The molecule has 1 saturated heterocycles. The summed E-state index contributed by atoms with van der Waals surface area (Å²) >= 11 is 0. The highest BCUT2D eigenvalue weighted by Gasteiger charge is 2.41. The van der Waals surface area contributed by atoms with E-state index in [2.05, 4.69) is 15.1 Å². The number of carbonyl (C=O) groups excluding carboxylic acids is 1. The minimum Gasteiger partial charge on any atom is -0.508 e. The van der Waals surface area contributed by atoms with Crippen molar-refractivity contribution in [1.29, 1.82) is 0 Å². The van der Waals surface area contributed by atoms with Gasteiger partial charge in [0.05, 0.1) is 11.4 Å². The van der Waals surface area contributed by atoms with E-state index in [1.165, 1.54) is 12.1 Å².